The fraction of sp³-hybridized carbons (Fsp3) is 0.100. The number of amides is 1. The van der Waals surface area contributed by atoms with Gasteiger partial charge in [-0.15, -0.1) is 0 Å². The van der Waals surface area contributed by atoms with E-state index in [1.807, 2.05) is 0 Å². The first-order chi connectivity index (χ1) is 8.13. The number of carbonyl (C=O) groups excluding carboxylic acids is 1. The lowest BCUT2D eigenvalue weighted by molar-refractivity contribution is -0.108. The van der Waals surface area contributed by atoms with E-state index in [2.05, 4.69) is 15.3 Å². The minimum atomic E-state index is -0.307. The van der Waals surface area contributed by atoms with Gasteiger partial charge in [-0.25, -0.2) is 0 Å². The lowest BCUT2D eigenvalue weighted by atomic mass is 10.2. The van der Waals surface area contributed by atoms with E-state index in [0.717, 1.165) is 0 Å². The quantitative estimate of drug-likeness (QED) is 0.625. The normalized spacial score (nSPS) is 11.1. The van der Waals surface area contributed by atoms with E-state index >= 15 is 0 Å². The molecule has 0 saturated heterocycles. The van der Waals surface area contributed by atoms with E-state index in [-0.39, 0.29) is 11.5 Å². The Balaban J connectivity index is 2.66. The van der Waals surface area contributed by atoms with Crippen LogP contribution >= 0.6 is 0 Å². The standard InChI is InChI=1S/C10H11N5O2/c1-15-4-6(2-3-12-5-16)7-8(15)13-10(11)14-9(7)17/h2-5H,1H3,(H,12,16)(H3,11,13,14,17)/b3-2+. The summed E-state index contributed by atoms with van der Waals surface area (Å²) in [5, 5.41) is 2.81. The molecule has 7 heteroatoms. The van der Waals surface area contributed by atoms with E-state index in [4.69, 9.17) is 5.73 Å². The van der Waals surface area contributed by atoms with Gasteiger partial charge < -0.3 is 15.6 Å². The molecule has 2 aromatic heterocycles. The lowest BCUT2D eigenvalue weighted by Crippen LogP contribution is -2.11. The van der Waals surface area contributed by atoms with Crippen LogP contribution in [0.3, 0.4) is 0 Å². The van der Waals surface area contributed by atoms with Crippen molar-refractivity contribution in [1.82, 2.24) is 19.9 Å². The summed E-state index contributed by atoms with van der Waals surface area (Å²) in [5.41, 5.74) is 6.32. The largest absolute Gasteiger partial charge is 0.369 e. The van der Waals surface area contributed by atoms with Crippen LogP contribution in [0.15, 0.2) is 17.2 Å². The average Bonchev–Trinajstić information content (AvgIpc) is 2.56. The molecular formula is C10H11N5O2. The lowest BCUT2D eigenvalue weighted by Gasteiger charge is -1.95. The molecule has 0 bridgehead atoms. The zero-order valence-corrected chi connectivity index (χ0v) is 9.10. The first-order valence-corrected chi connectivity index (χ1v) is 4.84. The molecule has 0 saturated carbocycles. The number of nitrogens with zero attached hydrogens (tertiary/aromatic N) is 2. The van der Waals surface area contributed by atoms with Crippen LogP contribution in [0.2, 0.25) is 0 Å². The third kappa shape index (κ3) is 1.89. The SMILES string of the molecule is Cn1cc(/C=C/NC=O)c2c(=O)[nH]c(N)nc21. The van der Waals surface area contributed by atoms with Gasteiger partial charge in [0.2, 0.25) is 12.4 Å². The van der Waals surface area contributed by atoms with E-state index in [0.29, 0.717) is 23.0 Å². The van der Waals surface area contributed by atoms with Gasteiger partial charge >= 0.3 is 0 Å². The Kier molecular flexibility index (Phi) is 2.65. The van der Waals surface area contributed by atoms with Crippen LogP contribution in [-0.4, -0.2) is 20.9 Å². The van der Waals surface area contributed by atoms with E-state index < -0.39 is 0 Å². The van der Waals surface area contributed by atoms with Gasteiger partial charge in [0.15, 0.2) is 0 Å². The van der Waals surface area contributed by atoms with Crippen molar-refractivity contribution >= 4 is 29.5 Å². The number of aromatic nitrogens is 3. The van der Waals surface area contributed by atoms with Gasteiger partial charge in [-0.05, 0) is 6.08 Å². The van der Waals surface area contributed by atoms with Crippen LogP contribution in [0.25, 0.3) is 17.1 Å². The number of nitrogen functional groups attached to an aromatic ring is 1. The molecule has 88 valence electrons. The molecule has 7 nitrogen and oxygen atoms in total. The van der Waals surface area contributed by atoms with Gasteiger partial charge in [0.1, 0.15) is 5.65 Å². The maximum Gasteiger partial charge on any atom is 0.262 e. The van der Waals surface area contributed by atoms with Crippen LogP contribution in [0.4, 0.5) is 5.95 Å². The second-order valence-electron chi connectivity index (χ2n) is 3.46. The van der Waals surface area contributed by atoms with Crippen molar-refractivity contribution in [1.29, 1.82) is 0 Å². The molecule has 0 aliphatic carbocycles. The summed E-state index contributed by atoms with van der Waals surface area (Å²) in [7, 11) is 1.76. The Bertz CT molecular complexity index is 652. The number of nitrogens with one attached hydrogen (secondary N) is 2. The molecule has 2 aromatic rings. The molecule has 0 atom stereocenters. The molecule has 1 amide bonds. The van der Waals surface area contributed by atoms with E-state index in [1.54, 1.807) is 23.9 Å². The molecule has 0 unspecified atom stereocenters. The molecule has 0 aromatic carbocycles. The van der Waals surface area contributed by atoms with Crippen LogP contribution in [0, 0.1) is 0 Å². The van der Waals surface area contributed by atoms with Gasteiger partial charge in [-0.3, -0.25) is 14.6 Å². The summed E-state index contributed by atoms with van der Waals surface area (Å²) in [5.74, 6) is 0.0743. The number of anilines is 1. The number of aromatic amines is 1. The summed E-state index contributed by atoms with van der Waals surface area (Å²) >= 11 is 0. The predicted molar refractivity (Wildman–Crippen MR) is 64.0 cm³/mol. The molecule has 4 N–H and O–H groups in total. The number of H-pyrrole nitrogens is 1. The van der Waals surface area contributed by atoms with E-state index in [9.17, 15) is 9.59 Å². The summed E-state index contributed by atoms with van der Waals surface area (Å²) < 4.78 is 1.70. The third-order valence-electron chi connectivity index (χ3n) is 2.30. The smallest absolute Gasteiger partial charge is 0.262 e. The van der Waals surface area contributed by atoms with Gasteiger partial charge in [0, 0.05) is 25.0 Å². The maximum absolute atomic E-state index is 11.8. The number of aryl methyl sites for hydroxylation is 1. The second kappa shape index (κ2) is 4.12. The summed E-state index contributed by atoms with van der Waals surface area (Å²) in [4.78, 5) is 28.3. The number of rotatable bonds is 3. The highest BCUT2D eigenvalue weighted by atomic mass is 16.1. The van der Waals surface area contributed by atoms with Crippen LogP contribution in [-0.2, 0) is 11.8 Å². The third-order valence-corrected chi connectivity index (χ3v) is 2.30. The molecule has 2 rings (SSSR count). The molecule has 2 heterocycles. The number of nitrogens with two attached hydrogens (primary N) is 1. The van der Waals surface area contributed by atoms with Gasteiger partial charge in [0.05, 0.1) is 5.39 Å². The van der Waals surface area contributed by atoms with Crippen LogP contribution in [0.1, 0.15) is 5.56 Å². The average molecular weight is 233 g/mol. The molecule has 0 spiro atoms. The van der Waals surface area contributed by atoms with Gasteiger partial charge in [-0.2, -0.15) is 4.98 Å². The Morgan fingerprint density at radius 2 is 2.35 bits per heavy atom. The predicted octanol–water partition coefficient (Wildman–Crippen LogP) is -0.440. The summed E-state index contributed by atoms with van der Waals surface area (Å²) in [6.07, 6.45) is 5.33. The first-order valence-electron chi connectivity index (χ1n) is 4.84. The minimum absolute atomic E-state index is 0.0743. The Hall–Kier alpha value is -2.57. The molecular weight excluding hydrogens is 222 g/mol. The molecule has 0 radical (unpaired) electrons. The Morgan fingerprint density at radius 3 is 3.06 bits per heavy atom. The van der Waals surface area contributed by atoms with Crippen molar-refractivity contribution in [2.45, 2.75) is 0 Å². The van der Waals surface area contributed by atoms with Crippen molar-refractivity contribution in [2.75, 3.05) is 5.73 Å². The van der Waals surface area contributed by atoms with Crippen LogP contribution in [0.5, 0.6) is 0 Å². The molecule has 0 fully saturated rings. The highest BCUT2D eigenvalue weighted by molar-refractivity contribution is 5.86. The summed E-state index contributed by atoms with van der Waals surface area (Å²) in [6, 6.07) is 0. The van der Waals surface area contributed by atoms with Crippen molar-refractivity contribution in [3.05, 3.63) is 28.3 Å². The van der Waals surface area contributed by atoms with Gasteiger partial charge in [0.25, 0.3) is 5.56 Å². The highest BCUT2D eigenvalue weighted by Crippen LogP contribution is 2.16. The number of carbonyl (C=O) groups is 1. The number of hydrogen-bond acceptors (Lipinski definition) is 4. The van der Waals surface area contributed by atoms with E-state index in [1.165, 1.54) is 6.20 Å². The van der Waals surface area contributed by atoms with Crippen molar-refractivity contribution in [3.8, 4) is 0 Å². The Labute approximate surface area is 96.0 Å². The fourth-order valence-electron chi connectivity index (χ4n) is 1.63. The topological polar surface area (TPSA) is 106 Å². The highest BCUT2D eigenvalue weighted by Gasteiger charge is 2.10. The van der Waals surface area contributed by atoms with Crippen molar-refractivity contribution in [2.24, 2.45) is 7.05 Å². The Morgan fingerprint density at radius 1 is 1.59 bits per heavy atom. The van der Waals surface area contributed by atoms with Crippen molar-refractivity contribution < 1.29 is 4.79 Å². The first kappa shape index (κ1) is 10.9. The zero-order valence-electron chi connectivity index (χ0n) is 9.10. The summed E-state index contributed by atoms with van der Waals surface area (Å²) in [6.45, 7) is 0. The second-order valence-corrected chi connectivity index (χ2v) is 3.46. The molecule has 0 aliphatic rings. The van der Waals surface area contributed by atoms with Gasteiger partial charge in [-0.1, -0.05) is 0 Å². The molecule has 17 heavy (non-hydrogen) atoms. The number of fused-ring (bicyclic) bond motifs is 1. The molecule has 0 aliphatic heterocycles. The van der Waals surface area contributed by atoms with Crippen molar-refractivity contribution in [3.63, 3.8) is 0 Å². The monoisotopic (exact) mass is 233 g/mol. The minimum Gasteiger partial charge on any atom is -0.369 e. The fourth-order valence-corrected chi connectivity index (χ4v) is 1.63. The van der Waals surface area contributed by atoms with Crippen LogP contribution < -0.4 is 16.6 Å². The maximum atomic E-state index is 11.8. The zero-order chi connectivity index (χ0) is 12.4. The number of hydrogen-bond donors (Lipinski definition) is 3.